The van der Waals surface area contributed by atoms with E-state index >= 15 is 0 Å². The molecule has 60 valence electrons. The van der Waals surface area contributed by atoms with Crippen molar-refractivity contribution in [3.8, 4) is 0 Å². The third-order valence-electron chi connectivity index (χ3n) is 1.22. The fourth-order valence-corrected chi connectivity index (χ4v) is 0.725. The van der Waals surface area contributed by atoms with Crippen molar-refractivity contribution >= 4 is 5.97 Å². The van der Waals surface area contributed by atoms with Gasteiger partial charge >= 0.3 is 5.97 Å². The van der Waals surface area contributed by atoms with E-state index < -0.39 is 5.97 Å². The molecule has 0 aliphatic rings. The lowest BCUT2D eigenvalue weighted by molar-refractivity contribution is -0.137. The summed E-state index contributed by atoms with van der Waals surface area (Å²) in [6.45, 7) is 4.83. The Bertz CT molecular complexity index is 104. The van der Waals surface area contributed by atoms with Crippen LogP contribution in [-0.2, 0) is 4.79 Å². The van der Waals surface area contributed by atoms with Gasteiger partial charge in [-0.1, -0.05) is 6.92 Å². The number of carboxylic acid groups (broad SMARTS) is 1. The van der Waals surface area contributed by atoms with Crippen LogP contribution in [-0.4, -0.2) is 23.7 Å². The Labute approximate surface area is 61.4 Å². The standard InChI is InChI=1S/C7H15NO2/c1-3-4-8-6(2)5-7(9)10/h6,8H,3-5H2,1-2H3,(H,9,10). The number of rotatable bonds is 5. The van der Waals surface area contributed by atoms with Gasteiger partial charge in [0, 0.05) is 6.04 Å². The largest absolute Gasteiger partial charge is 0.481 e. The van der Waals surface area contributed by atoms with E-state index in [-0.39, 0.29) is 12.5 Å². The molecule has 10 heavy (non-hydrogen) atoms. The van der Waals surface area contributed by atoms with Crippen LogP contribution in [0.3, 0.4) is 0 Å². The number of nitrogens with one attached hydrogen (secondary N) is 1. The first kappa shape index (κ1) is 9.43. The van der Waals surface area contributed by atoms with Gasteiger partial charge in [0.1, 0.15) is 0 Å². The Morgan fingerprint density at radius 2 is 2.30 bits per heavy atom. The summed E-state index contributed by atoms with van der Waals surface area (Å²) in [4.78, 5) is 10.1. The van der Waals surface area contributed by atoms with Gasteiger partial charge in [-0.15, -0.1) is 0 Å². The highest BCUT2D eigenvalue weighted by Crippen LogP contribution is 1.89. The van der Waals surface area contributed by atoms with Gasteiger partial charge in [-0.2, -0.15) is 0 Å². The van der Waals surface area contributed by atoms with Gasteiger partial charge in [-0.05, 0) is 19.9 Å². The lowest BCUT2D eigenvalue weighted by Crippen LogP contribution is -2.28. The summed E-state index contributed by atoms with van der Waals surface area (Å²) in [7, 11) is 0. The molecule has 0 saturated heterocycles. The molecule has 0 aliphatic heterocycles. The zero-order valence-corrected chi connectivity index (χ0v) is 6.55. The topological polar surface area (TPSA) is 49.3 Å². The van der Waals surface area contributed by atoms with Crippen molar-refractivity contribution in [3.05, 3.63) is 0 Å². The highest BCUT2D eigenvalue weighted by molar-refractivity contribution is 5.67. The number of hydrogen-bond donors (Lipinski definition) is 2. The van der Waals surface area contributed by atoms with Crippen molar-refractivity contribution in [2.45, 2.75) is 32.7 Å². The Kier molecular flexibility index (Phi) is 4.94. The second-order valence-corrected chi connectivity index (χ2v) is 2.45. The zero-order valence-electron chi connectivity index (χ0n) is 6.55. The quantitative estimate of drug-likeness (QED) is 0.603. The van der Waals surface area contributed by atoms with Gasteiger partial charge in [0.15, 0.2) is 0 Å². The first-order valence-corrected chi connectivity index (χ1v) is 3.62. The first-order chi connectivity index (χ1) is 4.66. The fourth-order valence-electron chi connectivity index (χ4n) is 0.725. The van der Waals surface area contributed by atoms with Crippen LogP contribution in [0.2, 0.25) is 0 Å². The van der Waals surface area contributed by atoms with Crippen molar-refractivity contribution < 1.29 is 9.90 Å². The van der Waals surface area contributed by atoms with Crippen LogP contribution in [0.15, 0.2) is 0 Å². The van der Waals surface area contributed by atoms with E-state index in [1.54, 1.807) is 0 Å². The molecule has 0 fully saturated rings. The molecule has 1 unspecified atom stereocenters. The molecule has 0 aliphatic carbocycles. The van der Waals surface area contributed by atoms with E-state index in [9.17, 15) is 4.79 Å². The second-order valence-electron chi connectivity index (χ2n) is 2.45. The summed E-state index contributed by atoms with van der Waals surface area (Å²) in [6.07, 6.45) is 1.25. The zero-order chi connectivity index (χ0) is 7.98. The molecule has 0 spiro atoms. The molecular formula is C7H15NO2. The molecule has 0 rings (SSSR count). The highest BCUT2D eigenvalue weighted by Gasteiger charge is 2.04. The van der Waals surface area contributed by atoms with Crippen molar-refractivity contribution in [1.82, 2.24) is 5.32 Å². The number of aliphatic carboxylic acids is 1. The molecule has 1 atom stereocenters. The summed E-state index contributed by atoms with van der Waals surface area (Å²) in [5, 5.41) is 11.4. The maximum absolute atomic E-state index is 10.1. The molecule has 0 amide bonds. The Morgan fingerprint density at radius 1 is 1.70 bits per heavy atom. The highest BCUT2D eigenvalue weighted by atomic mass is 16.4. The predicted octanol–water partition coefficient (Wildman–Crippen LogP) is 0.849. The Balaban J connectivity index is 3.25. The summed E-state index contributed by atoms with van der Waals surface area (Å²) in [5.41, 5.74) is 0. The Morgan fingerprint density at radius 3 is 2.70 bits per heavy atom. The third kappa shape index (κ3) is 5.56. The summed E-state index contributed by atoms with van der Waals surface area (Å²) in [6, 6.07) is 0.0949. The minimum absolute atomic E-state index is 0.0949. The molecule has 0 heterocycles. The smallest absolute Gasteiger partial charge is 0.304 e. The van der Waals surface area contributed by atoms with E-state index in [4.69, 9.17) is 5.11 Å². The van der Waals surface area contributed by atoms with Crippen molar-refractivity contribution in [2.24, 2.45) is 0 Å². The number of carbonyl (C=O) groups is 1. The van der Waals surface area contributed by atoms with Gasteiger partial charge in [0.05, 0.1) is 6.42 Å². The summed E-state index contributed by atoms with van der Waals surface area (Å²) < 4.78 is 0. The number of carboxylic acids is 1. The van der Waals surface area contributed by atoms with Crippen LogP contribution in [0.5, 0.6) is 0 Å². The molecule has 0 saturated carbocycles. The molecule has 2 N–H and O–H groups in total. The van der Waals surface area contributed by atoms with Crippen LogP contribution < -0.4 is 5.32 Å². The molecule has 0 aromatic heterocycles. The molecule has 0 radical (unpaired) electrons. The van der Waals surface area contributed by atoms with E-state index in [1.807, 2.05) is 6.92 Å². The lowest BCUT2D eigenvalue weighted by atomic mass is 10.2. The molecule has 0 aromatic rings. The molecule has 3 nitrogen and oxygen atoms in total. The van der Waals surface area contributed by atoms with Gasteiger partial charge in [0.2, 0.25) is 0 Å². The van der Waals surface area contributed by atoms with Gasteiger partial charge in [-0.25, -0.2) is 0 Å². The van der Waals surface area contributed by atoms with Crippen LogP contribution >= 0.6 is 0 Å². The average Bonchev–Trinajstić information content (AvgIpc) is 1.82. The number of hydrogen-bond acceptors (Lipinski definition) is 2. The normalized spacial score (nSPS) is 13.0. The van der Waals surface area contributed by atoms with Crippen LogP contribution in [0.4, 0.5) is 0 Å². The van der Waals surface area contributed by atoms with E-state index in [1.165, 1.54) is 0 Å². The maximum atomic E-state index is 10.1. The fraction of sp³-hybridized carbons (Fsp3) is 0.857. The van der Waals surface area contributed by atoms with Gasteiger partial charge in [0.25, 0.3) is 0 Å². The molecule has 3 heteroatoms. The monoisotopic (exact) mass is 145 g/mol. The van der Waals surface area contributed by atoms with E-state index in [0.29, 0.717) is 0 Å². The van der Waals surface area contributed by atoms with Crippen molar-refractivity contribution in [1.29, 1.82) is 0 Å². The van der Waals surface area contributed by atoms with Crippen LogP contribution in [0, 0.1) is 0 Å². The van der Waals surface area contributed by atoms with E-state index in [2.05, 4.69) is 12.2 Å². The van der Waals surface area contributed by atoms with Gasteiger partial charge in [-0.3, -0.25) is 4.79 Å². The molecule has 0 bridgehead atoms. The van der Waals surface area contributed by atoms with Crippen LogP contribution in [0.25, 0.3) is 0 Å². The molecule has 0 aromatic carbocycles. The van der Waals surface area contributed by atoms with Crippen molar-refractivity contribution in [2.75, 3.05) is 6.54 Å². The SMILES string of the molecule is CCCNC(C)CC(=O)O. The maximum Gasteiger partial charge on any atom is 0.304 e. The van der Waals surface area contributed by atoms with Crippen LogP contribution in [0.1, 0.15) is 26.7 Å². The summed E-state index contributed by atoms with van der Waals surface area (Å²) >= 11 is 0. The van der Waals surface area contributed by atoms with E-state index in [0.717, 1.165) is 13.0 Å². The Hall–Kier alpha value is -0.570. The molecular weight excluding hydrogens is 130 g/mol. The predicted molar refractivity (Wildman–Crippen MR) is 40.0 cm³/mol. The first-order valence-electron chi connectivity index (χ1n) is 3.62. The summed E-state index contributed by atoms with van der Waals surface area (Å²) in [5.74, 6) is -0.740. The minimum Gasteiger partial charge on any atom is -0.481 e. The second kappa shape index (κ2) is 5.23. The van der Waals surface area contributed by atoms with Crippen molar-refractivity contribution in [3.63, 3.8) is 0 Å². The third-order valence-corrected chi connectivity index (χ3v) is 1.22. The average molecular weight is 145 g/mol. The van der Waals surface area contributed by atoms with Gasteiger partial charge < -0.3 is 10.4 Å². The minimum atomic E-state index is -0.740. The lowest BCUT2D eigenvalue weighted by Gasteiger charge is -2.08.